The van der Waals surface area contributed by atoms with Crippen LogP contribution in [0.5, 0.6) is 0 Å². The third-order valence-electron chi connectivity index (χ3n) is 5.46. The zero-order valence-electron chi connectivity index (χ0n) is 17.2. The molecule has 5 rings (SSSR count). The van der Waals surface area contributed by atoms with E-state index < -0.39 is 4.92 Å². The molecule has 0 unspecified atom stereocenters. The van der Waals surface area contributed by atoms with Crippen molar-refractivity contribution < 1.29 is 4.92 Å². The van der Waals surface area contributed by atoms with Crippen LogP contribution in [-0.2, 0) is 7.05 Å². The SMILES string of the molecule is Cn1cc(C=Cc2nc3ccccc3c(=O)n2-c2ccc([N+](=O)[O-])cc2)c2ccccc21. The highest BCUT2D eigenvalue weighted by Gasteiger charge is 2.13. The highest BCUT2D eigenvalue weighted by atomic mass is 16.6. The highest BCUT2D eigenvalue weighted by Crippen LogP contribution is 2.23. The Morgan fingerprint density at radius 2 is 1.59 bits per heavy atom. The molecule has 7 nitrogen and oxygen atoms in total. The van der Waals surface area contributed by atoms with E-state index in [1.54, 1.807) is 36.4 Å². The fourth-order valence-corrected chi connectivity index (χ4v) is 3.90. The van der Waals surface area contributed by atoms with Crippen LogP contribution >= 0.6 is 0 Å². The Labute approximate surface area is 182 Å². The summed E-state index contributed by atoms with van der Waals surface area (Å²) < 4.78 is 3.53. The molecule has 0 bridgehead atoms. The van der Waals surface area contributed by atoms with Gasteiger partial charge in [0.05, 0.1) is 21.5 Å². The molecule has 5 aromatic rings. The minimum atomic E-state index is -0.466. The van der Waals surface area contributed by atoms with Crippen LogP contribution in [0.1, 0.15) is 11.4 Å². The lowest BCUT2D eigenvalue weighted by Crippen LogP contribution is -2.22. The number of rotatable bonds is 4. The first-order chi connectivity index (χ1) is 15.5. The van der Waals surface area contributed by atoms with Gasteiger partial charge >= 0.3 is 0 Å². The van der Waals surface area contributed by atoms with Gasteiger partial charge in [-0.15, -0.1) is 0 Å². The second-order valence-corrected chi connectivity index (χ2v) is 7.45. The molecule has 0 aliphatic carbocycles. The fourth-order valence-electron chi connectivity index (χ4n) is 3.90. The lowest BCUT2D eigenvalue weighted by Gasteiger charge is -2.11. The third kappa shape index (κ3) is 3.26. The summed E-state index contributed by atoms with van der Waals surface area (Å²) in [5, 5.41) is 12.6. The normalized spacial score (nSPS) is 11.5. The molecule has 0 fully saturated rings. The summed E-state index contributed by atoms with van der Waals surface area (Å²) in [6, 6.07) is 21.1. The van der Waals surface area contributed by atoms with Crippen molar-refractivity contribution in [2.75, 3.05) is 0 Å². The molecule has 2 aromatic heterocycles. The molecule has 0 saturated carbocycles. The number of aromatic nitrogens is 3. The molecule has 156 valence electrons. The second kappa shape index (κ2) is 7.63. The number of fused-ring (bicyclic) bond motifs is 2. The molecule has 0 aliphatic rings. The average Bonchev–Trinajstić information content (AvgIpc) is 3.14. The Morgan fingerprint density at radius 3 is 2.34 bits per heavy atom. The van der Waals surface area contributed by atoms with Crippen LogP contribution in [-0.4, -0.2) is 19.0 Å². The largest absolute Gasteiger partial charge is 0.350 e. The molecule has 0 amide bonds. The minimum Gasteiger partial charge on any atom is -0.350 e. The Morgan fingerprint density at radius 1 is 0.906 bits per heavy atom. The van der Waals surface area contributed by atoms with E-state index in [1.807, 2.05) is 54.2 Å². The van der Waals surface area contributed by atoms with Crippen molar-refractivity contribution in [1.29, 1.82) is 0 Å². The van der Waals surface area contributed by atoms with Gasteiger partial charge in [0.15, 0.2) is 0 Å². The molecule has 32 heavy (non-hydrogen) atoms. The number of benzene rings is 3. The molecule has 0 spiro atoms. The molecule has 0 atom stereocenters. The summed E-state index contributed by atoms with van der Waals surface area (Å²) in [6.07, 6.45) is 5.76. The van der Waals surface area contributed by atoms with Crippen molar-refractivity contribution in [2.45, 2.75) is 0 Å². The van der Waals surface area contributed by atoms with E-state index in [2.05, 4.69) is 0 Å². The first-order valence-electron chi connectivity index (χ1n) is 10.0. The number of aryl methyl sites for hydroxylation is 1. The fraction of sp³-hybridized carbons (Fsp3) is 0.0400. The van der Waals surface area contributed by atoms with E-state index in [-0.39, 0.29) is 11.2 Å². The summed E-state index contributed by atoms with van der Waals surface area (Å²) in [7, 11) is 1.99. The molecule has 0 N–H and O–H groups in total. The predicted molar refractivity (Wildman–Crippen MR) is 126 cm³/mol. The number of nitro groups is 1. The van der Waals surface area contributed by atoms with Crippen LogP contribution in [0.2, 0.25) is 0 Å². The summed E-state index contributed by atoms with van der Waals surface area (Å²) in [4.78, 5) is 28.6. The van der Waals surface area contributed by atoms with Gasteiger partial charge in [0.25, 0.3) is 11.2 Å². The topological polar surface area (TPSA) is 83.0 Å². The van der Waals surface area contributed by atoms with Gasteiger partial charge in [0.2, 0.25) is 0 Å². The summed E-state index contributed by atoms with van der Waals surface area (Å²) in [5.41, 5.74) is 2.93. The number of nitro benzene ring substituents is 1. The standard InChI is InChI=1S/C25H18N4O3/c1-27-16-17(20-6-3-5-9-23(20)27)10-15-24-26-22-8-4-2-7-21(22)25(30)28(24)18-11-13-19(14-12-18)29(31)32/h2-16H,1H3. The summed E-state index contributed by atoms with van der Waals surface area (Å²) >= 11 is 0. The van der Waals surface area contributed by atoms with Crippen LogP contribution in [0.25, 0.3) is 39.6 Å². The predicted octanol–water partition coefficient (Wildman–Crippen LogP) is 4.96. The van der Waals surface area contributed by atoms with Gasteiger partial charge in [-0.2, -0.15) is 0 Å². The maximum atomic E-state index is 13.3. The Bertz CT molecular complexity index is 1580. The molecule has 3 aromatic carbocycles. The smallest absolute Gasteiger partial charge is 0.269 e. The Kier molecular flexibility index (Phi) is 4.63. The lowest BCUT2D eigenvalue weighted by molar-refractivity contribution is -0.384. The third-order valence-corrected chi connectivity index (χ3v) is 5.46. The number of hydrogen-bond acceptors (Lipinski definition) is 4. The number of nitrogens with zero attached hydrogens (tertiary/aromatic N) is 4. The van der Waals surface area contributed by atoms with Gasteiger partial charge in [-0.1, -0.05) is 30.3 Å². The van der Waals surface area contributed by atoms with Gasteiger partial charge < -0.3 is 4.57 Å². The van der Waals surface area contributed by atoms with E-state index in [0.717, 1.165) is 16.5 Å². The van der Waals surface area contributed by atoms with Crippen LogP contribution in [0.15, 0.2) is 83.8 Å². The van der Waals surface area contributed by atoms with Gasteiger partial charge in [0.1, 0.15) is 5.82 Å². The zero-order valence-corrected chi connectivity index (χ0v) is 17.2. The van der Waals surface area contributed by atoms with Crippen LogP contribution in [0, 0.1) is 10.1 Å². The van der Waals surface area contributed by atoms with Gasteiger partial charge in [-0.25, -0.2) is 4.98 Å². The van der Waals surface area contributed by atoms with E-state index in [1.165, 1.54) is 16.7 Å². The van der Waals surface area contributed by atoms with Crippen LogP contribution in [0.4, 0.5) is 5.69 Å². The van der Waals surface area contributed by atoms with E-state index >= 15 is 0 Å². The minimum absolute atomic E-state index is 0.0385. The van der Waals surface area contributed by atoms with Gasteiger partial charge in [-0.05, 0) is 42.5 Å². The Balaban J connectivity index is 1.71. The van der Waals surface area contributed by atoms with E-state index in [9.17, 15) is 14.9 Å². The van der Waals surface area contributed by atoms with E-state index in [0.29, 0.717) is 22.4 Å². The molecule has 0 saturated heterocycles. The van der Waals surface area contributed by atoms with Crippen molar-refractivity contribution in [2.24, 2.45) is 7.05 Å². The Hall–Kier alpha value is -4.52. The first-order valence-corrected chi connectivity index (χ1v) is 10.0. The van der Waals surface area contributed by atoms with Gasteiger partial charge in [-0.3, -0.25) is 19.5 Å². The van der Waals surface area contributed by atoms with E-state index in [4.69, 9.17) is 4.98 Å². The quantitative estimate of drug-likeness (QED) is 0.303. The average molecular weight is 422 g/mol. The maximum absolute atomic E-state index is 13.3. The van der Waals surface area contributed by atoms with Crippen LogP contribution < -0.4 is 5.56 Å². The molecule has 0 aliphatic heterocycles. The van der Waals surface area contributed by atoms with Crippen molar-refractivity contribution >= 4 is 39.6 Å². The number of para-hydroxylation sites is 2. The van der Waals surface area contributed by atoms with Crippen molar-refractivity contribution in [1.82, 2.24) is 14.1 Å². The maximum Gasteiger partial charge on any atom is 0.269 e. The summed E-state index contributed by atoms with van der Waals surface area (Å²) in [5.74, 6) is 0.440. The second-order valence-electron chi connectivity index (χ2n) is 7.45. The lowest BCUT2D eigenvalue weighted by atomic mass is 10.1. The van der Waals surface area contributed by atoms with Crippen LogP contribution in [0.3, 0.4) is 0 Å². The summed E-state index contributed by atoms with van der Waals surface area (Å²) in [6.45, 7) is 0. The van der Waals surface area contributed by atoms with Gasteiger partial charge in [0, 0.05) is 41.8 Å². The molecule has 7 heteroatoms. The zero-order chi connectivity index (χ0) is 22.2. The highest BCUT2D eigenvalue weighted by molar-refractivity contribution is 5.92. The first kappa shape index (κ1) is 19.4. The monoisotopic (exact) mass is 422 g/mol. The molecule has 0 radical (unpaired) electrons. The number of hydrogen-bond donors (Lipinski definition) is 0. The number of non-ortho nitro benzene ring substituents is 1. The van der Waals surface area contributed by atoms with Crippen molar-refractivity contribution in [3.05, 3.63) is 111 Å². The van der Waals surface area contributed by atoms with Crippen molar-refractivity contribution in [3.8, 4) is 5.69 Å². The van der Waals surface area contributed by atoms with Crippen molar-refractivity contribution in [3.63, 3.8) is 0 Å². The molecular weight excluding hydrogens is 404 g/mol. The molecule has 2 heterocycles. The molecular formula is C25H18N4O3.